The maximum absolute atomic E-state index is 10.0. The average molecular weight is 169 g/mol. The van der Waals surface area contributed by atoms with E-state index in [-0.39, 0.29) is 6.10 Å². The highest BCUT2D eigenvalue weighted by Gasteiger charge is 2.32. The molecule has 0 amide bonds. The van der Waals surface area contributed by atoms with Gasteiger partial charge >= 0.3 is 6.47 Å². The van der Waals surface area contributed by atoms with Crippen molar-refractivity contribution in [2.24, 2.45) is 11.3 Å². The summed E-state index contributed by atoms with van der Waals surface area (Å²) in [4.78, 5) is 10.0. The minimum absolute atomic E-state index is 0.0984. The second-order valence-electron chi connectivity index (χ2n) is 4.74. The summed E-state index contributed by atoms with van der Waals surface area (Å²) in [6.07, 6.45) is 3.30. The summed E-state index contributed by atoms with van der Waals surface area (Å²) in [6, 6.07) is 0. The standard InChI is InChI=1S/C10H17O2/c1-8-4-9(12-7-11)6-10(2,3)5-8/h8-9H,4-6H2,1-3H3. The SMILES string of the molecule is CC1CC(O[C]=O)CC(C)(C)C1. The summed E-state index contributed by atoms with van der Waals surface area (Å²) in [5.74, 6) is 0.659. The Hall–Kier alpha value is -0.530. The molecule has 2 unspecified atom stereocenters. The van der Waals surface area contributed by atoms with Gasteiger partial charge in [-0.3, -0.25) is 0 Å². The van der Waals surface area contributed by atoms with Crippen LogP contribution in [0.25, 0.3) is 0 Å². The van der Waals surface area contributed by atoms with Gasteiger partial charge < -0.3 is 4.74 Å². The molecule has 0 aliphatic heterocycles. The van der Waals surface area contributed by atoms with E-state index in [2.05, 4.69) is 20.8 Å². The Morgan fingerprint density at radius 3 is 2.58 bits per heavy atom. The predicted octanol–water partition coefficient (Wildman–Crippen LogP) is 2.29. The molecule has 1 saturated carbocycles. The zero-order valence-electron chi connectivity index (χ0n) is 8.09. The number of hydrogen-bond donors (Lipinski definition) is 0. The Kier molecular flexibility index (Phi) is 2.76. The first-order valence-corrected chi connectivity index (χ1v) is 4.56. The molecule has 12 heavy (non-hydrogen) atoms. The fourth-order valence-electron chi connectivity index (χ4n) is 2.42. The van der Waals surface area contributed by atoms with Crippen LogP contribution in [0.5, 0.6) is 0 Å². The second kappa shape index (κ2) is 3.46. The minimum atomic E-state index is 0.0984. The lowest BCUT2D eigenvalue weighted by Gasteiger charge is -2.37. The normalized spacial score (nSPS) is 34.2. The number of rotatable bonds is 2. The molecule has 0 N–H and O–H groups in total. The molecular weight excluding hydrogens is 152 g/mol. The first kappa shape index (κ1) is 9.56. The van der Waals surface area contributed by atoms with Crippen LogP contribution in [0.15, 0.2) is 0 Å². The van der Waals surface area contributed by atoms with Crippen LogP contribution in [-0.2, 0) is 9.53 Å². The summed E-state index contributed by atoms with van der Waals surface area (Å²) in [5, 5.41) is 0. The summed E-state index contributed by atoms with van der Waals surface area (Å²) in [6.45, 7) is 8.21. The summed E-state index contributed by atoms with van der Waals surface area (Å²) >= 11 is 0. The first-order valence-electron chi connectivity index (χ1n) is 4.56. The van der Waals surface area contributed by atoms with E-state index in [0.29, 0.717) is 11.3 Å². The Bertz CT molecular complexity index is 163. The lowest BCUT2D eigenvalue weighted by atomic mass is 9.71. The topological polar surface area (TPSA) is 26.3 Å². The van der Waals surface area contributed by atoms with Crippen molar-refractivity contribution in [1.82, 2.24) is 0 Å². The van der Waals surface area contributed by atoms with Gasteiger partial charge in [-0.05, 0) is 30.6 Å². The maximum atomic E-state index is 10.0. The number of ether oxygens (including phenoxy) is 1. The van der Waals surface area contributed by atoms with Crippen LogP contribution in [0.2, 0.25) is 0 Å². The van der Waals surface area contributed by atoms with Gasteiger partial charge in [-0.25, -0.2) is 4.79 Å². The highest BCUT2D eigenvalue weighted by Crippen LogP contribution is 2.39. The quantitative estimate of drug-likeness (QED) is 0.634. The molecule has 0 saturated heterocycles. The van der Waals surface area contributed by atoms with Gasteiger partial charge in [0.1, 0.15) is 6.10 Å². The third-order valence-corrected chi connectivity index (χ3v) is 2.56. The molecule has 1 aliphatic carbocycles. The van der Waals surface area contributed by atoms with E-state index < -0.39 is 0 Å². The van der Waals surface area contributed by atoms with E-state index >= 15 is 0 Å². The second-order valence-corrected chi connectivity index (χ2v) is 4.74. The molecule has 1 radical (unpaired) electrons. The summed E-state index contributed by atoms with van der Waals surface area (Å²) in [5.41, 5.74) is 0.319. The lowest BCUT2D eigenvalue weighted by Crippen LogP contribution is -2.32. The molecule has 0 aromatic carbocycles. The van der Waals surface area contributed by atoms with E-state index in [1.807, 2.05) is 0 Å². The molecule has 0 bridgehead atoms. The van der Waals surface area contributed by atoms with E-state index in [9.17, 15) is 4.79 Å². The molecule has 0 aromatic heterocycles. The van der Waals surface area contributed by atoms with E-state index in [4.69, 9.17) is 4.74 Å². The fraction of sp³-hybridized carbons (Fsp3) is 0.900. The zero-order valence-corrected chi connectivity index (χ0v) is 8.09. The number of hydrogen-bond acceptors (Lipinski definition) is 2. The molecule has 2 heteroatoms. The van der Waals surface area contributed by atoms with E-state index in [0.717, 1.165) is 12.8 Å². The maximum Gasteiger partial charge on any atom is 0.417 e. The van der Waals surface area contributed by atoms with Gasteiger partial charge in [0.2, 0.25) is 0 Å². The van der Waals surface area contributed by atoms with Crippen LogP contribution < -0.4 is 0 Å². The monoisotopic (exact) mass is 169 g/mol. The molecular formula is C10H17O2. The van der Waals surface area contributed by atoms with Gasteiger partial charge in [-0.15, -0.1) is 0 Å². The van der Waals surface area contributed by atoms with Crippen molar-refractivity contribution in [3.63, 3.8) is 0 Å². The Labute approximate surface area is 74.3 Å². The molecule has 69 valence electrons. The highest BCUT2D eigenvalue weighted by molar-refractivity contribution is 5.38. The predicted molar refractivity (Wildman–Crippen MR) is 47.4 cm³/mol. The van der Waals surface area contributed by atoms with Gasteiger partial charge in [-0.2, -0.15) is 0 Å². The van der Waals surface area contributed by atoms with E-state index in [1.54, 1.807) is 6.47 Å². The van der Waals surface area contributed by atoms with Gasteiger partial charge in [0.05, 0.1) is 0 Å². The zero-order chi connectivity index (χ0) is 9.19. The summed E-state index contributed by atoms with van der Waals surface area (Å²) < 4.78 is 4.88. The van der Waals surface area contributed by atoms with Crippen LogP contribution in [0.1, 0.15) is 40.0 Å². The minimum Gasteiger partial charge on any atom is -0.454 e. The van der Waals surface area contributed by atoms with Crippen molar-refractivity contribution in [3.05, 3.63) is 0 Å². The average Bonchev–Trinajstić information content (AvgIpc) is 1.82. The molecule has 0 spiro atoms. The Balaban J connectivity index is 2.51. The summed E-state index contributed by atoms with van der Waals surface area (Å²) in [7, 11) is 0. The van der Waals surface area contributed by atoms with Crippen molar-refractivity contribution in [2.45, 2.75) is 46.1 Å². The Morgan fingerprint density at radius 2 is 2.08 bits per heavy atom. The highest BCUT2D eigenvalue weighted by atomic mass is 16.5. The molecule has 2 nitrogen and oxygen atoms in total. The van der Waals surface area contributed by atoms with Gasteiger partial charge in [-0.1, -0.05) is 20.8 Å². The molecule has 1 rings (SSSR count). The first-order chi connectivity index (χ1) is 5.53. The van der Waals surface area contributed by atoms with Gasteiger partial charge in [0.25, 0.3) is 0 Å². The Morgan fingerprint density at radius 1 is 1.42 bits per heavy atom. The van der Waals surface area contributed by atoms with Crippen LogP contribution in [0, 0.1) is 11.3 Å². The van der Waals surface area contributed by atoms with Crippen LogP contribution in [0.3, 0.4) is 0 Å². The lowest BCUT2D eigenvalue weighted by molar-refractivity contribution is 0.0459. The van der Waals surface area contributed by atoms with Crippen molar-refractivity contribution >= 4 is 6.47 Å². The van der Waals surface area contributed by atoms with Crippen molar-refractivity contribution < 1.29 is 9.53 Å². The largest absolute Gasteiger partial charge is 0.454 e. The van der Waals surface area contributed by atoms with Crippen molar-refractivity contribution in [2.75, 3.05) is 0 Å². The molecule has 1 fully saturated rings. The molecule has 2 atom stereocenters. The van der Waals surface area contributed by atoms with Gasteiger partial charge in [0, 0.05) is 0 Å². The smallest absolute Gasteiger partial charge is 0.417 e. The molecule has 0 aromatic rings. The third kappa shape index (κ3) is 2.50. The molecule has 1 aliphatic rings. The molecule has 0 heterocycles. The van der Waals surface area contributed by atoms with E-state index in [1.165, 1.54) is 6.42 Å². The van der Waals surface area contributed by atoms with Crippen molar-refractivity contribution in [3.8, 4) is 0 Å². The van der Waals surface area contributed by atoms with Crippen LogP contribution in [0.4, 0.5) is 0 Å². The van der Waals surface area contributed by atoms with Crippen molar-refractivity contribution in [1.29, 1.82) is 0 Å². The van der Waals surface area contributed by atoms with Crippen LogP contribution >= 0.6 is 0 Å². The number of carbonyl (C=O) groups excluding carboxylic acids is 1. The third-order valence-electron chi connectivity index (χ3n) is 2.56. The van der Waals surface area contributed by atoms with Gasteiger partial charge in [0.15, 0.2) is 0 Å². The van der Waals surface area contributed by atoms with Crippen LogP contribution in [-0.4, -0.2) is 12.6 Å². The fourth-order valence-corrected chi connectivity index (χ4v) is 2.42.